The summed E-state index contributed by atoms with van der Waals surface area (Å²) in [6.07, 6.45) is 1.30. The number of benzene rings is 2. The van der Waals surface area contributed by atoms with Crippen LogP contribution in [0, 0.1) is 11.3 Å². The summed E-state index contributed by atoms with van der Waals surface area (Å²) in [7, 11) is 0. The third kappa shape index (κ3) is 4.02. The molecule has 0 fully saturated rings. The zero-order chi connectivity index (χ0) is 15.9. The second-order valence-corrected chi connectivity index (χ2v) is 4.44. The van der Waals surface area contributed by atoms with Crippen LogP contribution >= 0.6 is 0 Å². The molecule has 0 heterocycles. The van der Waals surface area contributed by atoms with Crippen molar-refractivity contribution in [2.24, 2.45) is 0 Å². The van der Waals surface area contributed by atoms with Gasteiger partial charge in [-0.05, 0) is 48.5 Å². The number of aromatic hydroxyl groups is 1. The van der Waals surface area contributed by atoms with E-state index in [1.54, 1.807) is 36.4 Å². The Morgan fingerprint density at radius 1 is 1.09 bits per heavy atom. The molecule has 0 spiro atoms. The Bertz CT molecular complexity index is 728. The van der Waals surface area contributed by atoms with E-state index in [4.69, 9.17) is 11.0 Å². The van der Waals surface area contributed by atoms with Gasteiger partial charge in [-0.15, -0.1) is 0 Å². The average molecular weight is 294 g/mol. The fourth-order valence-electron chi connectivity index (χ4n) is 1.63. The molecule has 110 valence electrons. The summed E-state index contributed by atoms with van der Waals surface area (Å²) in [5, 5.41) is 23.7. The van der Waals surface area contributed by atoms with Gasteiger partial charge >= 0.3 is 0 Å². The Labute approximate surface area is 127 Å². The maximum atomic E-state index is 12.0. The first-order valence-electron chi connectivity index (χ1n) is 6.41. The van der Waals surface area contributed by atoms with E-state index in [9.17, 15) is 9.90 Å². The highest BCUT2D eigenvalue weighted by Gasteiger charge is 2.09. The number of phenolic OH excluding ortho intramolecular Hbond substituents is 1. The molecule has 2 rings (SSSR count). The molecule has 0 saturated heterocycles. The monoisotopic (exact) mass is 294 g/mol. The van der Waals surface area contributed by atoms with Gasteiger partial charge in [-0.25, -0.2) is 0 Å². The first-order chi connectivity index (χ1) is 10.6. The highest BCUT2D eigenvalue weighted by atomic mass is 16.3. The number of nitriles is 1. The summed E-state index contributed by atoms with van der Waals surface area (Å²) in [6.45, 7) is 0. The van der Waals surface area contributed by atoms with Gasteiger partial charge in [0.25, 0.3) is 5.91 Å². The Balaban J connectivity index is 2.05. The second-order valence-electron chi connectivity index (χ2n) is 4.44. The van der Waals surface area contributed by atoms with Crippen molar-refractivity contribution in [2.75, 3.05) is 16.4 Å². The van der Waals surface area contributed by atoms with Crippen LogP contribution in [0.25, 0.3) is 0 Å². The van der Waals surface area contributed by atoms with Crippen molar-refractivity contribution in [3.8, 4) is 11.8 Å². The second kappa shape index (κ2) is 6.81. The number of rotatable bonds is 4. The van der Waals surface area contributed by atoms with Gasteiger partial charge in [0.05, 0.1) is 0 Å². The highest BCUT2D eigenvalue weighted by molar-refractivity contribution is 6.06. The summed E-state index contributed by atoms with van der Waals surface area (Å²) < 4.78 is 0. The zero-order valence-electron chi connectivity index (χ0n) is 11.6. The number of carbonyl (C=O) groups is 1. The molecule has 0 unspecified atom stereocenters. The fraction of sp³-hybridized carbons (Fsp3) is 0. The lowest BCUT2D eigenvalue weighted by atomic mass is 10.2. The number of phenols is 1. The lowest BCUT2D eigenvalue weighted by molar-refractivity contribution is -0.112. The van der Waals surface area contributed by atoms with E-state index in [0.29, 0.717) is 17.1 Å². The molecule has 0 aromatic heterocycles. The van der Waals surface area contributed by atoms with E-state index in [0.717, 1.165) is 0 Å². The van der Waals surface area contributed by atoms with Gasteiger partial charge in [-0.2, -0.15) is 5.26 Å². The SMILES string of the molecule is N#C/C(=C/Nc1ccc(O)cc1)C(=O)Nc1ccc(N)cc1. The molecule has 2 aromatic carbocycles. The van der Waals surface area contributed by atoms with Crippen molar-refractivity contribution < 1.29 is 9.90 Å². The van der Waals surface area contributed by atoms with Crippen molar-refractivity contribution in [2.45, 2.75) is 0 Å². The van der Waals surface area contributed by atoms with Crippen LogP contribution in [0.4, 0.5) is 17.1 Å². The number of hydrogen-bond acceptors (Lipinski definition) is 5. The molecule has 5 N–H and O–H groups in total. The molecule has 0 aliphatic heterocycles. The number of amides is 1. The number of anilines is 3. The summed E-state index contributed by atoms with van der Waals surface area (Å²) >= 11 is 0. The lowest BCUT2D eigenvalue weighted by Crippen LogP contribution is -2.14. The van der Waals surface area contributed by atoms with Crippen LogP contribution < -0.4 is 16.4 Å². The van der Waals surface area contributed by atoms with Gasteiger partial charge in [0, 0.05) is 23.3 Å². The van der Waals surface area contributed by atoms with Crippen LogP contribution in [-0.2, 0) is 4.79 Å². The number of nitrogen functional groups attached to an aromatic ring is 1. The highest BCUT2D eigenvalue weighted by Crippen LogP contribution is 2.15. The minimum absolute atomic E-state index is 0.0788. The number of hydrogen-bond donors (Lipinski definition) is 4. The summed E-state index contributed by atoms with van der Waals surface area (Å²) in [6, 6.07) is 14.7. The molecule has 0 aliphatic rings. The van der Waals surface area contributed by atoms with E-state index in [-0.39, 0.29) is 11.3 Å². The molecule has 6 heteroatoms. The molecule has 0 aliphatic carbocycles. The smallest absolute Gasteiger partial charge is 0.267 e. The molecule has 0 radical (unpaired) electrons. The maximum Gasteiger partial charge on any atom is 0.267 e. The molecule has 6 nitrogen and oxygen atoms in total. The van der Waals surface area contributed by atoms with Crippen LogP contribution in [0.2, 0.25) is 0 Å². The van der Waals surface area contributed by atoms with E-state index in [1.807, 2.05) is 6.07 Å². The van der Waals surface area contributed by atoms with Gasteiger partial charge in [-0.1, -0.05) is 0 Å². The van der Waals surface area contributed by atoms with Gasteiger partial charge in [-0.3, -0.25) is 4.79 Å². The van der Waals surface area contributed by atoms with Crippen molar-refractivity contribution in [1.29, 1.82) is 5.26 Å². The Morgan fingerprint density at radius 3 is 2.27 bits per heavy atom. The van der Waals surface area contributed by atoms with Gasteiger partial charge in [0.15, 0.2) is 0 Å². The number of nitrogens with one attached hydrogen (secondary N) is 2. The third-order valence-electron chi connectivity index (χ3n) is 2.78. The van der Waals surface area contributed by atoms with Crippen molar-refractivity contribution >= 4 is 23.0 Å². The molecule has 0 atom stereocenters. The molecular weight excluding hydrogens is 280 g/mol. The zero-order valence-corrected chi connectivity index (χ0v) is 11.6. The fourth-order valence-corrected chi connectivity index (χ4v) is 1.63. The molecule has 22 heavy (non-hydrogen) atoms. The summed E-state index contributed by atoms with van der Waals surface area (Å²) in [4.78, 5) is 12.0. The van der Waals surface area contributed by atoms with Crippen LogP contribution in [0.5, 0.6) is 5.75 Å². The number of nitrogens with two attached hydrogens (primary N) is 1. The molecule has 1 amide bonds. The first-order valence-corrected chi connectivity index (χ1v) is 6.41. The van der Waals surface area contributed by atoms with Gasteiger partial charge in [0.1, 0.15) is 17.4 Å². The maximum absolute atomic E-state index is 12.0. The minimum Gasteiger partial charge on any atom is -0.508 e. The third-order valence-corrected chi connectivity index (χ3v) is 2.78. The molecular formula is C16H14N4O2. The Hall–Kier alpha value is -3.46. The normalized spacial score (nSPS) is 10.6. The van der Waals surface area contributed by atoms with Crippen LogP contribution in [0.3, 0.4) is 0 Å². The van der Waals surface area contributed by atoms with Crippen LogP contribution in [0.1, 0.15) is 0 Å². The molecule has 0 saturated carbocycles. The quantitative estimate of drug-likeness (QED) is 0.299. The van der Waals surface area contributed by atoms with E-state index >= 15 is 0 Å². The van der Waals surface area contributed by atoms with Crippen LogP contribution in [0.15, 0.2) is 60.3 Å². The largest absolute Gasteiger partial charge is 0.508 e. The van der Waals surface area contributed by atoms with Crippen LogP contribution in [-0.4, -0.2) is 11.0 Å². The minimum atomic E-state index is -0.529. The lowest BCUT2D eigenvalue weighted by Gasteiger charge is -2.05. The average Bonchev–Trinajstić information content (AvgIpc) is 2.52. The molecule has 2 aromatic rings. The first kappa shape index (κ1) is 14.9. The molecule has 0 bridgehead atoms. The van der Waals surface area contributed by atoms with Gasteiger partial charge < -0.3 is 21.5 Å². The van der Waals surface area contributed by atoms with Gasteiger partial charge in [0.2, 0.25) is 0 Å². The summed E-state index contributed by atoms with van der Waals surface area (Å²) in [5.41, 5.74) is 7.26. The number of carbonyl (C=O) groups excluding carboxylic acids is 1. The van der Waals surface area contributed by atoms with Crippen molar-refractivity contribution in [3.05, 3.63) is 60.3 Å². The Morgan fingerprint density at radius 2 is 1.68 bits per heavy atom. The predicted molar refractivity (Wildman–Crippen MR) is 84.9 cm³/mol. The summed E-state index contributed by atoms with van der Waals surface area (Å²) in [5.74, 6) is -0.394. The van der Waals surface area contributed by atoms with E-state index < -0.39 is 5.91 Å². The number of nitrogens with zero attached hydrogens (tertiary/aromatic N) is 1. The topological polar surface area (TPSA) is 111 Å². The van der Waals surface area contributed by atoms with Crippen molar-refractivity contribution in [3.63, 3.8) is 0 Å². The predicted octanol–water partition coefficient (Wildman–Crippen LogP) is 2.43. The standard InChI is InChI=1S/C16H14N4O2/c17-9-11(10-19-13-5-7-15(21)8-6-13)16(22)20-14-3-1-12(18)2-4-14/h1-8,10,19,21H,18H2,(H,20,22)/b11-10-. The van der Waals surface area contributed by atoms with E-state index in [1.165, 1.54) is 18.3 Å². The van der Waals surface area contributed by atoms with Crippen molar-refractivity contribution in [1.82, 2.24) is 0 Å². The van der Waals surface area contributed by atoms with E-state index in [2.05, 4.69) is 10.6 Å². The Kier molecular flexibility index (Phi) is 4.63.